The van der Waals surface area contributed by atoms with Crippen molar-refractivity contribution in [2.45, 2.75) is 45.3 Å². The SMILES string of the molecule is CCCC(C)(N)C(=O)NCc1ccc(CN2CCOCC2)cc1. The van der Waals surface area contributed by atoms with Crippen LogP contribution in [0, 0.1) is 0 Å². The molecule has 5 heteroatoms. The number of morpholine rings is 1. The molecular formula is C18H29N3O2. The molecule has 1 aliphatic rings. The summed E-state index contributed by atoms with van der Waals surface area (Å²) in [6, 6.07) is 8.41. The largest absolute Gasteiger partial charge is 0.379 e. The van der Waals surface area contributed by atoms with Crippen LogP contribution < -0.4 is 11.1 Å². The fourth-order valence-corrected chi connectivity index (χ4v) is 2.80. The molecule has 0 aromatic heterocycles. The minimum Gasteiger partial charge on any atom is -0.379 e. The lowest BCUT2D eigenvalue weighted by Crippen LogP contribution is -2.51. The van der Waals surface area contributed by atoms with E-state index in [0.29, 0.717) is 13.0 Å². The highest BCUT2D eigenvalue weighted by Crippen LogP contribution is 2.11. The van der Waals surface area contributed by atoms with Crippen LogP contribution in [0.5, 0.6) is 0 Å². The summed E-state index contributed by atoms with van der Waals surface area (Å²) in [6.07, 6.45) is 1.59. The van der Waals surface area contributed by atoms with Crippen LogP contribution in [0.25, 0.3) is 0 Å². The van der Waals surface area contributed by atoms with Crippen molar-refractivity contribution >= 4 is 5.91 Å². The van der Waals surface area contributed by atoms with Crippen molar-refractivity contribution in [3.05, 3.63) is 35.4 Å². The molecule has 0 saturated carbocycles. The summed E-state index contributed by atoms with van der Waals surface area (Å²) in [7, 11) is 0. The molecule has 1 saturated heterocycles. The minimum absolute atomic E-state index is 0.0863. The molecule has 0 aliphatic carbocycles. The first kappa shape index (κ1) is 17.9. The molecule has 1 aromatic carbocycles. The van der Waals surface area contributed by atoms with Gasteiger partial charge in [-0.3, -0.25) is 9.69 Å². The van der Waals surface area contributed by atoms with Gasteiger partial charge in [-0.1, -0.05) is 37.6 Å². The van der Waals surface area contributed by atoms with Crippen LogP contribution in [0.15, 0.2) is 24.3 Å². The lowest BCUT2D eigenvalue weighted by molar-refractivity contribution is -0.126. The molecule has 23 heavy (non-hydrogen) atoms. The summed E-state index contributed by atoms with van der Waals surface area (Å²) in [4.78, 5) is 14.5. The Morgan fingerprint density at radius 2 is 1.87 bits per heavy atom. The van der Waals surface area contributed by atoms with Crippen molar-refractivity contribution in [3.8, 4) is 0 Å². The van der Waals surface area contributed by atoms with Crippen molar-refractivity contribution in [3.63, 3.8) is 0 Å². The topological polar surface area (TPSA) is 67.6 Å². The highest BCUT2D eigenvalue weighted by atomic mass is 16.5. The van der Waals surface area contributed by atoms with Crippen molar-refractivity contribution in [2.24, 2.45) is 5.73 Å². The second kappa shape index (κ2) is 8.43. The van der Waals surface area contributed by atoms with Gasteiger partial charge in [0, 0.05) is 26.2 Å². The average molecular weight is 319 g/mol. The number of nitrogens with one attached hydrogen (secondary N) is 1. The fourth-order valence-electron chi connectivity index (χ4n) is 2.80. The van der Waals surface area contributed by atoms with E-state index in [1.165, 1.54) is 5.56 Å². The average Bonchev–Trinajstić information content (AvgIpc) is 2.55. The molecular weight excluding hydrogens is 290 g/mol. The molecule has 0 radical (unpaired) electrons. The molecule has 128 valence electrons. The van der Waals surface area contributed by atoms with Gasteiger partial charge in [-0.05, 0) is 24.5 Å². The zero-order chi connectivity index (χ0) is 16.7. The molecule has 5 nitrogen and oxygen atoms in total. The number of carbonyl (C=O) groups excluding carboxylic acids is 1. The Labute approximate surface area is 139 Å². The normalized spacial score (nSPS) is 18.4. The zero-order valence-electron chi connectivity index (χ0n) is 14.3. The monoisotopic (exact) mass is 319 g/mol. The molecule has 1 unspecified atom stereocenters. The summed E-state index contributed by atoms with van der Waals surface area (Å²) >= 11 is 0. The molecule has 1 aromatic rings. The highest BCUT2D eigenvalue weighted by molar-refractivity contribution is 5.85. The summed E-state index contributed by atoms with van der Waals surface area (Å²) < 4.78 is 5.36. The van der Waals surface area contributed by atoms with E-state index in [1.807, 2.05) is 6.92 Å². The predicted molar refractivity (Wildman–Crippen MR) is 91.9 cm³/mol. The van der Waals surface area contributed by atoms with Gasteiger partial charge in [-0.15, -0.1) is 0 Å². The number of hydrogen-bond acceptors (Lipinski definition) is 4. The van der Waals surface area contributed by atoms with E-state index in [1.54, 1.807) is 6.92 Å². The van der Waals surface area contributed by atoms with Gasteiger partial charge < -0.3 is 15.8 Å². The van der Waals surface area contributed by atoms with Crippen LogP contribution in [0.1, 0.15) is 37.8 Å². The van der Waals surface area contributed by atoms with E-state index < -0.39 is 5.54 Å². The Morgan fingerprint density at radius 1 is 1.26 bits per heavy atom. The second-order valence-electron chi connectivity index (χ2n) is 6.56. The summed E-state index contributed by atoms with van der Waals surface area (Å²) in [5.41, 5.74) is 7.63. The van der Waals surface area contributed by atoms with E-state index >= 15 is 0 Å². The third kappa shape index (κ3) is 5.61. The lowest BCUT2D eigenvalue weighted by Gasteiger charge is -2.26. The first-order chi connectivity index (χ1) is 11.0. The summed E-state index contributed by atoms with van der Waals surface area (Å²) in [5.74, 6) is -0.0863. The Bertz CT molecular complexity index is 493. The van der Waals surface area contributed by atoms with Gasteiger partial charge in [0.2, 0.25) is 5.91 Å². The van der Waals surface area contributed by atoms with Crippen LogP contribution >= 0.6 is 0 Å². The maximum atomic E-state index is 12.1. The van der Waals surface area contributed by atoms with Gasteiger partial charge in [0.05, 0.1) is 18.8 Å². The van der Waals surface area contributed by atoms with E-state index in [9.17, 15) is 4.79 Å². The predicted octanol–water partition coefficient (Wildman–Crippen LogP) is 1.65. The van der Waals surface area contributed by atoms with Crippen molar-refractivity contribution in [1.82, 2.24) is 10.2 Å². The number of ether oxygens (including phenoxy) is 1. The van der Waals surface area contributed by atoms with E-state index in [-0.39, 0.29) is 5.91 Å². The van der Waals surface area contributed by atoms with E-state index in [2.05, 4.69) is 34.5 Å². The standard InChI is InChI=1S/C18H29N3O2/c1-3-8-18(2,19)17(22)20-13-15-4-6-16(7-5-15)14-21-9-11-23-12-10-21/h4-7H,3,8-14,19H2,1-2H3,(H,20,22). The quantitative estimate of drug-likeness (QED) is 0.802. The molecule has 1 fully saturated rings. The molecule has 0 bridgehead atoms. The third-order valence-corrected chi connectivity index (χ3v) is 4.27. The first-order valence-corrected chi connectivity index (χ1v) is 8.46. The van der Waals surface area contributed by atoms with Crippen molar-refractivity contribution in [1.29, 1.82) is 0 Å². The number of nitrogens with two attached hydrogens (primary N) is 1. The molecule has 3 N–H and O–H groups in total. The smallest absolute Gasteiger partial charge is 0.240 e. The van der Waals surface area contributed by atoms with Gasteiger partial charge in [0.1, 0.15) is 0 Å². The Kier molecular flexibility index (Phi) is 6.57. The van der Waals surface area contributed by atoms with Gasteiger partial charge in [0.15, 0.2) is 0 Å². The third-order valence-electron chi connectivity index (χ3n) is 4.27. The number of benzene rings is 1. The van der Waals surface area contributed by atoms with Crippen LogP contribution in [0.4, 0.5) is 0 Å². The van der Waals surface area contributed by atoms with Gasteiger partial charge in [-0.2, -0.15) is 0 Å². The van der Waals surface area contributed by atoms with Gasteiger partial charge >= 0.3 is 0 Å². The summed E-state index contributed by atoms with van der Waals surface area (Å²) in [6.45, 7) is 8.91. The maximum Gasteiger partial charge on any atom is 0.240 e. The number of carbonyl (C=O) groups is 1. The number of rotatable bonds is 7. The fraction of sp³-hybridized carbons (Fsp3) is 0.611. The highest BCUT2D eigenvalue weighted by Gasteiger charge is 2.26. The molecule has 1 heterocycles. The number of amides is 1. The van der Waals surface area contributed by atoms with Gasteiger partial charge in [0.25, 0.3) is 0 Å². The van der Waals surface area contributed by atoms with Crippen LogP contribution in [-0.4, -0.2) is 42.6 Å². The Hall–Kier alpha value is -1.43. The molecule has 2 rings (SSSR count). The number of hydrogen-bond donors (Lipinski definition) is 2. The first-order valence-electron chi connectivity index (χ1n) is 8.46. The lowest BCUT2D eigenvalue weighted by atomic mass is 9.96. The second-order valence-corrected chi connectivity index (χ2v) is 6.56. The zero-order valence-corrected chi connectivity index (χ0v) is 14.3. The van der Waals surface area contributed by atoms with Crippen LogP contribution in [-0.2, 0) is 22.6 Å². The molecule has 1 atom stereocenters. The Balaban J connectivity index is 1.81. The van der Waals surface area contributed by atoms with E-state index in [0.717, 1.165) is 44.8 Å². The van der Waals surface area contributed by atoms with E-state index in [4.69, 9.17) is 10.5 Å². The van der Waals surface area contributed by atoms with Crippen LogP contribution in [0.3, 0.4) is 0 Å². The molecule has 1 amide bonds. The summed E-state index contributed by atoms with van der Waals surface area (Å²) in [5, 5.41) is 2.93. The van der Waals surface area contributed by atoms with Crippen LogP contribution in [0.2, 0.25) is 0 Å². The van der Waals surface area contributed by atoms with Crippen molar-refractivity contribution in [2.75, 3.05) is 26.3 Å². The van der Waals surface area contributed by atoms with Gasteiger partial charge in [-0.25, -0.2) is 0 Å². The molecule has 1 aliphatic heterocycles. The maximum absolute atomic E-state index is 12.1. The molecule has 0 spiro atoms. The minimum atomic E-state index is -0.787. The Morgan fingerprint density at radius 3 is 2.48 bits per heavy atom. The number of nitrogens with zero attached hydrogens (tertiary/aromatic N) is 1. The van der Waals surface area contributed by atoms with Crippen molar-refractivity contribution < 1.29 is 9.53 Å².